The zero-order valence-electron chi connectivity index (χ0n) is 13.7. The van der Waals surface area contributed by atoms with Gasteiger partial charge in [0.25, 0.3) is 5.69 Å². The maximum Gasteiger partial charge on any atom is 0.270 e. The lowest BCUT2D eigenvalue weighted by molar-refractivity contribution is -0.384. The first-order valence-electron chi connectivity index (χ1n) is 7.63. The SMILES string of the molecule is COc1ccc(F)cc1[C@@H](C)Nc1ccc2cc([N+](=O)[O-])ccc2n1. The van der Waals surface area contributed by atoms with Crippen LogP contribution in [0.2, 0.25) is 0 Å². The van der Waals surface area contributed by atoms with E-state index in [-0.39, 0.29) is 17.5 Å². The van der Waals surface area contributed by atoms with Gasteiger partial charge in [0, 0.05) is 23.1 Å². The van der Waals surface area contributed by atoms with Gasteiger partial charge in [0.15, 0.2) is 0 Å². The molecular weight excluding hydrogens is 325 g/mol. The average Bonchev–Trinajstić information content (AvgIpc) is 2.61. The summed E-state index contributed by atoms with van der Waals surface area (Å²) in [5.74, 6) is 0.821. The van der Waals surface area contributed by atoms with Crippen LogP contribution in [0.5, 0.6) is 5.75 Å². The summed E-state index contributed by atoms with van der Waals surface area (Å²) in [4.78, 5) is 14.8. The molecule has 7 heteroatoms. The van der Waals surface area contributed by atoms with Crippen LogP contribution in [0.3, 0.4) is 0 Å². The number of halogens is 1. The van der Waals surface area contributed by atoms with Gasteiger partial charge in [-0.05, 0) is 43.3 Å². The molecule has 0 saturated carbocycles. The predicted octanol–water partition coefficient (Wildman–Crippen LogP) is 4.46. The van der Waals surface area contributed by atoms with Crippen LogP contribution in [0.25, 0.3) is 10.9 Å². The third-order valence-corrected chi connectivity index (χ3v) is 3.91. The first kappa shape index (κ1) is 16.6. The monoisotopic (exact) mass is 341 g/mol. The van der Waals surface area contributed by atoms with Crippen LogP contribution in [0, 0.1) is 15.9 Å². The second-order valence-electron chi connectivity index (χ2n) is 5.58. The fraction of sp³-hybridized carbons (Fsp3) is 0.167. The van der Waals surface area contributed by atoms with Gasteiger partial charge in [-0.15, -0.1) is 0 Å². The number of nitro groups is 1. The number of aromatic nitrogens is 1. The average molecular weight is 341 g/mol. The van der Waals surface area contributed by atoms with Gasteiger partial charge in [-0.2, -0.15) is 0 Å². The van der Waals surface area contributed by atoms with E-state index in [2.05, 4.69) is 10.3 Å². The third-order valence-electron chi connectivity index (χ3n) is 3.91. The Labute approximate surface area is 143 Å². The number of hydrogen-bond donors (Lipinski definition) is 1. The van der Waals surface area contributed by atoms with Gasteiger partial charge in [-0.3, -0.25) is 10.1 Å². The molecule has 128 valence electrons. The van der Waals surface area contributed by atoms with Crippen molar-refractivity contribution >= 4 is 22.4 Å². The van der Waals surface area contributed by atoms with E-state index < -0.39 is 4.92 Å². The molecule has 0 bridgehead atoms. The molecule has 0 fully saturated rings. The maximum atomic E-state index is 13.5. The van der Waals surface area contributed by atoms with Gasteiger partial charge in [-0.25, -0.2) is 9.37 Å². The van der Waals surface area contributed by atoms with Crippen molar-refractivity contribution in [1.82, 2.24) is 4.98 Å². The molecule has 0 spiro atoms. The molecule has 0 radical (unpaired) electrons. The van der Waals surface area contributed by atoms with Crippen LogP contribution in [-0.4, -0.2) is 17.0 Å². The molecule has 3 aromatic rings. The van der Waals surface area contributed by atoms with Gasteiger partial charge >= 0.3 is 0 Å². The maximum absolute atomic E-state index is 13.5. The number of nitro benzene ring substituents is 1. The highest BCUT2D eigenvalue weighted by Gasteiger charge is 2.14. The molecule has 0 saturated heterocycles. The number of benzene rings is 2. The Morgan fingerprint density at radius 1 is 1.20 bits per heavy atom. The number of methoxy groups -OCH3 is 1. The van der Waals surface area contributed by atoms with E-state index in [1.165, 1.54) is 31.4 Å². The van der Waals surface area contributed by atoms with E-state index in [0.29, 0.717) is 28.0 Å². The first-order chi connectivity index (χ1) is 12.0. The summed E-state index contributed by atoms with van der Waals surface area (Å²) in [6.07, 6.45) is 0. The largest absolute Gasteiger partial charge is 0.496 e. The van der Waals surface area contributed by atoms with Crippen molar-refractivity contribution in [3.63, 3.8) is 0 Å². The molecular formula is C18H16FN3O3. The molecule has 0 unspecified atom stereocenters. The van der Waals surface area contributed by atoms with Crippen molar-refractivity contribution in [1.29, 1.82) is 0 Å². The molecule has 1 heterocycles. The van der Waals surface area contributed by atoms with E-state index in [4.69, 9.17) is 4.74 Å². The fourth-order valence-electron chi connectivity index (χ4n) is 2.65. The number of pyridine rings is 1. The number of fused-ring (bicyclic) bond motifs is 1. The van der Waals surface area contributed by atoms with Crippen molar-refractivity contribution in [3.05, 3.63) is 70.0 Å². The highest BCUT2D eigenvalue weighted by atomic mass is 19.1. The molecule has 0 aliphatic rings. The van der Waals surface area contributed by atoms with E-state index in [1.54, 1.807) is 24.3 Å². The number of non-ortho nitro benzene ring substituents is 1. The number of rotatable bonds is 5. The summed E-state index contributed by atoms with van der Waals surface area (Å²) in [6.45, 7) is 1.87. The quantitative estimate of drug-likeness (QED) is 0.547. The van der Waals surface area contributed by atoms with Crippen LogP contribution in [-0.2, 0) is 0 Å². The second-order valence-corrected chi connectivity index (χ2v) is 5.58. The molecule has 0 aliphatic heterocycles. The predicted molar refractivity (Wildman–Crippen MR) is 93.4 cm³/mol. The summed E-state index contributed by atoms with van der Waals surface area (Å²) in [6, 6.07) is 12.1. The molecule has 25 heavy (non-hydrogen) atoms. The van der Waals surface area contributed by atoms with Crippen molar-refractivity contribution < 1.29 is 14.1 Å². The summed E-state index contributed by atoms with van der Waals surface area (Å²) >= 11 is 0. The number of hydrogen-bond acceptors (Lipinski definition) is 5. The summed E-state index contributed by atoms with van der Waals surface area (Å²) < 4.78 is 18.8. The van der Waals surface area contributed by atoms with E-state index in [0.717, 1.165) is 0 Å². The molecule has 0 amide bonds. The van der Waals surface area contributed by atoms with Crippen molar-refractivity contribution in [2.24, 2.45) is 0 Å². The summed E-state index contributed by atoms with van der Waals surface area (Å²) in [5, 5.41) is 14.7. The minimum Gasteiger partial charge on any atom is -0.496 e. The minimum absolute atomic E-state index is 0.0212. The normalized spacial score (nSPS) is 12.0. The second kappa shape index (κ2) is 6.72. The lowest BCUT2D eigenvalue weighted by Gasteiger charge is -2.18. The molecule has 3 rings (SSSR count). The number of anilines is 1. The summed E-state index contributed by atoms with van der Waals surface area (Å²) in [7, 11) is 1.53. The topological polar surface area (TPSA) is 77.3 Å². The molecule has 1 aromatic heterocycles. The van der Waals surface area contributed by atoms with E-state index >= 15 is 0 Å². The van der Waals surface area contributed by atoms with Crippen LogP contribution in [0.1, 0.15) is 18.5 Å². The Balaban J connectivity index is 1.89. The molecule has 0 aliphatic carbocycles. The van der Waals surface area contributed by atoms with Crippen molar-refractivity contribution in [2.75, 3.05) is 12.4 Å². The van der Waals surface area contributed by atoms with Crippen LogP contribution in [0.15, 0.2) is 48.5 Å². The molecule has 1 atom stereocenters. The zero-order valence-corrected chi connectivity index (χ0v) is 13.7. The van der Waals surface area contributed by atoms with E-state index in [1.807, 2.05) is 6.92 Å². The third kappa shape index (κ3) is 3.50. The Bertz CT molecular complexity index is 946. The lowest BCUT2D eigenvalue weighted by atomic mass is 10.1. The zero-order chi connectivity index (χ0) is 18.0. The Morgan fingerprint density at radius 2 is 2.00 bits per heavy atom. The fourth-order valence-corrected chi connectivity index (χ4v) is 2.65. The highest BCUT2D eigenvalue weighted by Crippen LogP contribution is 2.29. The number of nitrogens with one attached hydrogen (secondary N) is 1. The first-order valence-corrected chi connectivity index (χ1v) is 7.63. The Hall–Kier alpha value is -3.22. The van der Waals surface area contributed by atoms with Gasteiger partial charge in [0.05, 0.1) is 23.6 Å². The number of nitrogens with zero attached hydrogens (tertiary/aromatic N) is 2. The smallest absolute Gasteiger partial charge is 0.270 e. The van der Waals surface area contributed by atoms with Crippen molar-refractivity contribution in [2.45, 2.75) is 13.0 Å². The van der Waals surface area contributed by atoms with Gasteiger partial charge in [-0.1, -0.05) is 0 Å². The van der Waals surface area contributed by atoms with Crippen LogP contribution >= 0.6 is 0 Å². The van der Waals surface area contributed by atoms with Crippen LogP contribution in [0.4, 0.5) is 15.9 Å². The molecule has 6 nitrogen and oxygen atoms in total. The van der Waals surface area contributed by atoms with E-state index in [9.17, 15) is 14.5 Å². The Morgan fingerprint density at radius 3 is 2.72 bits per heavy atom. The van der Waals surface area contributed by atoms with Gasteiger partial charge in [0.2, 0.25) is 0 Å². The molecule has 1 N–H and O–H groups in total. The number of ether oxygens (including phenoxy) is 1. The summed E-state index contributed by atoms with van der Waals surface area (Å²) in [5.41, 5.74) is 1.33. The standard InChI is InChI=1S/C18H16FN3O3/c1-11(15-10-13(19)4-7-17(15)25-2)20-18-8-3-12-9-14(22(23)24)5-6-16(12)21-18/h3-11H,1-2H3,(H,20,21)/t11-/m1/s1. The molecule has 2 aromatic carbocycles. The van der Waals surface area contributed by atoms with Gasteiger partial charge in [0.1, 0.15) is 17.4 Å². The Kier molecular flexibility index (Phi) is 4.47. The minimum atomic E-state index is -0.441. The lowest BCUT2D eigenvalue weighted by Crippen LogP contribution is -2.09. The van der Waals surface area contributed by atoms with Crippen LogP contribution < -0.4 is 10.1 Å². The van der Waals surface area contributed by atoms with Crippen molar-refractivity contribution in [3.8, 4) is 5.75 Å². The van der Waals surface area contributed by atoms with Gasteiger partial charge < -0.3 is 10.1 Å². The highest BCUT2D eigenvalue weighted by molar-refractivity contribution is 5.82.